The molecular weight excluding hydrogens is 392 g/mol. The number of aromatic nitrogens is 4. The molecule has 0 aliphatic heterocycles. The van der Waals surface area contributed by atoms with Gasteiger partial charge in [-0.15, -0.1) is 10.2 Å². The lowest BCUT2D eigenvalue weighted by Crippen LogP contribution is -2.08. The van der Waals surface area contributed by atoms with Crippen LogP contribution < -0.4 is 5.32 Å². The first-order valence-electron chi connectivity index (χ1n) is 8.53. The van der Waals surface area contributed by atoms with Gasteiger partial charge in [0.05, 0.1) is 10.6 Å². The van der Waals surface area contributed by atoms with Gasteiger partial charge in [0.15, 0.2) is 5.82 Å². The molecule has 1 N–H and O–H groups in total. The Hall–Kier alpha value is -3.92. The number of nitrogens with zero attached hydrogens (tertiary/aromatic N) is 5. The maximum absolute atomic E-state index is 12.4. The summed E-state index contributed by atoms with van der Waals surface area (Å²) in [6.45, 7) is 1.82. The van der Waals surface area contributed by atoms with Gasteiger partial charge in [-0.25, -0.2) is 0 Å². The molecule has 0 saturated carbocycles. The number of aryl methyl sites for hydroxylation is 1. The first-order chi connectivity index (χ1) is 14.0. The van der Waals surface area contributed by atoms with Crippen molar-refractivity contribution in [2.75, 3.05) is 5.32 Å². The Morgan fingerprint density at radius 3 is 2.83 bits per heavy atom. The zero-order valence-corrected chi connectivity index (χ0v) is 16.0. The van der Waals surface area contributed by atoms with Crippen LogP contribution in [0.4, 0.5) is 11.4 Å². The molecule has 4 rings (SSSR count). The van der Waals surface area contributed by atoms with Gasteiger partial charge in [-0.3, -0.25) is 14.9 Å². The van der Waals surface area contributed by atoms with Crippen molar-refractivity contribution in [2.45, 2.75) is 6.92 Å². The maximum Gasteiger partial charge on any atom is 0.270 e. The number of amides is 1. The molecule has 4 aromatic rings. The molecule has 0 atom stereocenters. The minimum absolute atomic E-state index is 0.0310. The Labute approximate surface area is 168 Å². The van der Waals surface area contributed by atoms with Crippen molar-refractivity contribution in [3.63, 3.8) is 0 Å². The van der Waals surface area contributed by atoms with Gasteiger partial charge < -0.3 is 5.32 Å². The number of nitro groups is 1. The molecule has 29 heavy (non-hydrogen) atoms. The first-order valence-corrected chi connectivity index (χ1v) is 9.35. The fourth-order valence-corrected chi connectivity index (χ4v) is 3.61. The number of carbonyl (C=O) groups is 1. The van der Waals surface area contributed by atoms with E-state index in [2.05, 4.69) is 20.6 Å². The van der Waals surface area contributed by atoms with Gasteiger partial charge in [-0.1, -0.05) is 35.6 Å². The van der Waals surface area contributed by atoms with Crippen LogP contribution in [0.15, 0.2) is 54.6 Å². The van der Waals surface area contributed by atoms with E-state index in [4.69, 9.17) is 0 Å². The molecule has 0 unspecified atom stereocenters. The zero-order chi connectivity index (χ0) is 20.4. The number of hydrogen-bond donors (Lipinski definition) is 1. The zero-order valence-electron chi connectivity index (χ0n) is 15.1. The second kappa shape index (κ2) is 7.60. The lowest BCUT2D eigenvalue weighted by molar-refractivity contribution is -0.384. The van der Waals surface area contributed by atoms with E-state index in [-0.39, 0.29) is 11.6 Å². The summed E-state index contributed by atoms with van der Waals surface area (Å²) in [6.07, 6.45) is 2.86. The highest BCUT2D eigenvalue weighted by Crippen LogP contribution is 2.31. The van der Waals surface area contributed by atoms with Gasteiger partial charge in [0.25, 0.3) is 5.69 Å². The third kappa shape index (κ3) is 3.87. The average molecular weight is 406 g/mol. The van der Waals surface area contributed by atoms with Crippen LogP contribution in [0.25, 0.3) is 21.6 Å². The van der Waals surface area contributed by atoms with Crippen molar-refractivity contribution in [3.8, 4) is 10.6 Å². The van der Waals surface area contributed by atoms with Crippen LogP contribution in [-0.4, -0.2) is 30.6 Å². The molecule has 0 bridgehead atoms. The van der Waals surface area contributed by atoms with Gasteiger partial charge in [-0.05, 0) is 30.7 Å². The van der Waals surface area contributed by atoms with Crippen molar-refractivity contribution >= 4 is 39.7 Å². The van der Waals surface area contributed by atoms with Crippen molar-refractivity contribution in [3.05, 3.63) is 76.1 Å². The minimum Gasteiger partial charge on any atom is -0.322 e. The topological polar surface area (TPSA) is 115 Å². The second-order valence-electron chi connectivity index (χ2n) is 6.07. The van der Waals surface area contributed by atoms with Gasteiger partial charge >= 0.3 is 0 Å². The molecule has 0 saturated heterocycles. The van der Waals surface area contributed by atoms with Crippen molar-refractivity contribution in [1.29, 1.82) is 0 Å². The van der Waals surface area contributed by atoms with Crippen LogP contribution in [0.1, 0.15) is 11.4 Å². The molecule has 2 heterocycles. The Morgan fingerprint density at radius 1 is 1.21 bits per heavy atom. The maximum atomic E-state index is 12.4. The predicted molar refractivity (Wildman–Crippen MR) is 110 cm³/mol. The van der Waals surface area contributed by atoms with E-state index in [1.165, 1.54) is 35.6 Å². The molecule has 9 nitrogen and oxygen atoms in total. The predicted octanol–water partition coefficient (Wildman–Crippen LogP) is 3.72. The fraction of sp³-hybridized carbons (Fsp3) is 0.0526. The van der Waals surface area contributed by atoms with Crippen molar-refractivity contribution < 1.29 is 9.72 Å². The number of fused-ring (bicyclic) bond motifs is 1. The Morgan fingerprint density at radius 2 is 2.03 bits per heavy atom. The molecule has 10 heteroatoms. The lowest BCUT2D eigenvalue weighted by Gasteiger charge is -2.07. The molecule has 0 radical (unpaired) electrons. The number of nitrogens with one attached hydrogen (secondary N) is 1. The van der Waals surface area contributed by atoms with Crippen LogP contribution in [0.2, 0.25) is 0 Å². The van der Waals surface area contributed by atoms with E-state index >= 15 is 0 Å². The fourth-order valence-electron chi connectivity index (χ4n) is 2.69. The van der Waals surface area contributed by atoms with Crippen LogP contribution in [-0.2, 0) is 4.79 Å². The number of para-hydroxylation sites is 1. The summed E-state index contributed by atoms with van der Waals surface area (Å²) in [5, 5.41) is 26.9. The van der Waals surface area contributed by atoms with E-state index in [0.717, 1.165) is 5.56 Å². The van der Waals surface area contributed by atoms with E-state index in [0.29, 0.717) is 27.0 Å². The molecule has 1 amide bonds. The minimum atomic E-state index is -0.476. The monoisotopic (exact) mass is 406 g/mol. The number of anilines is 1. The molecule has 0 spiro atoms. The van der Waals surface area contributed by atoms with E-state index in [1.54, 1.807) is 22.7 Å². The Kier molecular flexibility index (Phi) is 4.83. The molecule has 0 fully saturated rings. The Bertz CT molecular complexity index is 1260. The number of hydrogen-bond acceptors (Lipinski definition) is 7. The highest BCUT2D eigenvalue weighted by atomic mass is 32.1. The summed E-state index contributed by atoms with van der Waals surface area (Å²) < 4.78 is 1.65. The van der Waals surface area contributed by atoms with Crippen LogP contribution in [0, 0.1) is 17.0 Å². The van der Waals surface area contributed by atoms with Gasteiger partial charge in [0, 0.05) is 23.8 Å². The second-order valence-corrected chi connectivity index (χ2v) is 7.03. The summed E-state index contributed by atoms with van der Waals surface area (Å²) in [4.78, 5) is 23.4. The Balaban J connectivity index is 1.56. The van der Waals surface area contributed by atoms with E-state index < -0.39 is 4.92 Å². The van der Waals surface area contributed by atoms with Gasteiger partial charge in [0.1, 0.15) is 5.01 Å². The quantitative estimate of drug-likeness (QED) is 0.307. The summed E-state index contributed by atoms with van der Waals surface area (Å²) >= 11 is 1.37. The number of non-ortho nitro benzene ring substituents is 1. The van der Waals surface area contributed by atoms with Crippen LogP contribution in [0.3, 0.4) is 0 Å². The number of nitro benzene ring substituents is 1. The SMILES string of the molecule is Cc1nnc2sc(-c3ccccc3NC(=O)/C=C/c3cccc([N+](=O)[O-])c3)nn12. The van der Waals surface area contributed by atoms with Crippen LogP contribution in [0.5, 0.6) is 0 Å². The smallest absolute Gasteiger partial charge is 0.270 e. The van der Waals surface area contributed by atoms with E-state index in [9.17, 15) is 14.9 Å². The molecular formula is C19H14N6O3S. The molecule has 144 valence electrons. The number of carbonyl (C=O) groups excluding carboxylic acids is 1. The summed E-state index contributed by atoms with van der Waals surface area (Å²) in [6, 6.07) is 13.4. The van der Waals surface area contributed by atoms with E-state index in [1.807, 2.05) is 25.1 Å². The molecule has 2 aromatic heterocycles. The van der Waals surface area contributed by atoms with Crippen LogP contribution >= 0.6 is 11.3 Å². The third-order valence-electron chi connectivity index (χ3n) is 4.07. The molecule has 0 aliphatic carbocycles. The first kappa shape index (κ1) is 18.4. The lowest BCUT2D eigenvalue weighted by atomic mass is 10.1. The van der Waals surface area contributed by atoms with Crippen molar-refractivity contribution in [2.24, 2.45) is 0 Å². The highest BCUT2D eigenvalue weighted by Gasteiger charge is 2.14. The molecule has 0 aliphatic rings. The number of benzene rings is 2. The van der Waals surface area contributed by atoms with Gasteiger partial charge in [-0.2, -0.15) is 9.61 Å². The summed E-state index contributed by atoms with van der Waals surface area (Å²) in [5.41, 5.74) is 1.89. The average Bonchev–Trinajstić information content (AvgIpc) is 3.29. The number of rotatable bonds is 5. The summed E-state index contributed by atoms with van der Waals surface area (Å²) in [7, 11) is 0. The third-order valence-corrected chi connectivity index (χ3v) is 5.00. The standard InChI is InChI=1S/C19H14N6O3S/c1-12-21-22-19-24(12)23-18(29-19)15-7-2-3-8-16(15)20-17(26)10-9-13-5-4-6-14(11-13)25(27)28/h2-11H,1H3,(H,20,26)/b10-9+. The highest BCUT2D eigenvalue weighted by molar-refractivity contribution is 7.19. The molecule has 2 aromatic carbocycles. The largest absolute Gasteiger partial charge is 0.322 e. The van der Waals surface area contributed by atoms with Crippen molar-refractivity contribution in [1.82, 2.24) is 19.8 Å². The summed E-state index contributed by atoms with van der Waals surface area (Å²) in [5.74, 6) is 0.326. The van der Waals surface area contributed by atoms with Gasteiger partial charge in [0.2, 0.25) is 10.9 Å². The normalized spacial score (nSPS) is 11.2.